The van der Waals surface area contributed by atoms with Crippen LogP contribution in [0.15, 0.2) is 18.2 Å². The molecule has 0 aliphatic rings. The Labute approximate surface area is 99.3 Å². The zero-order chi connectivity index (χ0) is 13.0. The van der Waals surface area contributed by atoms with Crippen LogP contribution in [0.1, 0.15) is 38.2 Å². The number of hydrogen-bond acceptors (Lipinski definition) is 1. The van der Waals surface area contributed by atoms with Crippen molar-refractivity contribution >= 4 is 5.97 Å². The van der Waals surface area contributed by atoms with Crippen LogP contribution < -0.4 is 0 Å². The fourth-order valence-corrected chi connectivity index (χ4v) is 2.13. The average Bonchev–Trinajstić information content (AvgIpc) is 2.23. The first kappa shape index (κ1) is 13.6. The number of halogens is 2. The van der Waals surface area contributed by atoms with Crippen LogP contribution in [0.2, 0.25) is 0 Å². The summed E-state index contributed by atoms with van der Waals surface area (Å²) in [4.78, 5) is 11.2. The predicted molar refractivity (Wildman–Crippen MR) is 60.8 cm³/mol. The van der Waals surface area contributed by atoms with Gasteiger partial charge in [0.15, 0.2) is 0 Å². The molecule has 0 aliphatic carbocycles. The molecule has 0 fully saturated rings. The van der Waals surface area contributed by atoms with E-state index in [9.17, 15) is 18.7 Å². The van der Waals surface area contributed by atoms with Gasteiger partial charge in [-0.15, -0.1) is 0 Å². The van der Waals surface area contributed by atoms with Gasteiger partial charge in [-0.25, -0.2) is 8.78 Å². The Morgan fingerprint density at radius 1 is 1.18 bits per heavy atom. The van der Waals surface area contributed by atoms with E-state index in [0.717, 1.165) is 18.2 Å². The summed E-state index contributed by atoms with van der Waals surface area (Å²) in [5, 5.41) is 9.20. The number of rotatable bonds is 5. The van der Waals surface area contributed by atoms with Crippen molar-refractivity contribution in [2.45, 2.75) is 32.6 Å². The van der Waals surface area contributed by atoms with Crippen LogP contribution in [-0.2, 0) is 4.79 Å². The lowest BCUT2D eigenvalue weighted by molar-refractivity contribution is -0.140. The van der Waals surface area contributed by atoms with E-state index in [1.54, 1.807) is 0 Å². The summed E-state index contributed by atoms with van der Waals surface area (Å²) in [5.74, 6) is -3.48. The minimum Gasteiger partial charge on any atom is -0.481 e. The molecule has 4 heteroatoms. The highest BCUT2D eigenvalue weighted by Crippen LogP contribution is 2.30. The fraction of sp³-hybridized carbons (Fsp3) is 0.462. The van der Waals surface area contributed by atoms with Gasteiger partial charge in [0.1, 0.15) is 11.6 Å². The third-order valence-electron chi connectivity index (χ3n) is 3.03. The van der Waals surface area contributed by atoms with Crippen molar-refractivity contribution in [3.8, 4) is 0 Å². The largest absolute Gasteiger partial charge is 0.481 e. The van der Waals surface area contributed by atoms with E-state index < -0.39 is 23.5 Å². The molecule has 1 rings (SSSR count). The molecule has 0 bridgehead atoms. The normalized spacial score (nSPS) is 12.8. The average molecular weight is 242 g/mol. The number of carbonyl (C=O) groups is 1. The topological polar surface area (TPSA) is 37.3 Å². The summed E-state index contributed by atoms with van der Waals surface area (Å²) >= 11 is 0. The van der Waals surface area contributed by atoms with E-state index in [-0.39, 0.29) is 11.5 Å². The van der Waals surface area contributed by atoms with Gasteiger partial charge in [-0.2, -0.15) is 0 Å². The van der Waals surface area contributed by atoms with E-state index in [2.05, 4.69) is 0 Å². The number of hydrogen-bond donors (Lipinski definition) is 1. The van der Waals surface area contributed by atoms with Crippen LogP contribution in [-0.4, -0.2) is 11.1 Å². The predicted octanol–water partition coefficient (Wildman–Crippen LogP) is 3.57. The maximum absolute atomic E-state index is 13.1. The molecular weight excluding hydrogens is 226 g/mol. The summed E-state index contributed by atoms with van der Waals surface area (Å²) in [6.45, 7) is 3.75. The lowest BCUT2D eigenvalue weighted by Gasteiger charge is -2.21. The number of aliphatic carboxylic acids is 1. The van der Waals surface area contributed by atoms with Gasteiger partial charge in [-0.1, -0.05) is 26.7 Å². The Balaban J connectivity index is 3.17. The third kappa shape index (κ3) is 3.25. The Kier molecular flexibility index (Phi) is 4.61. The third-order valence-corrected chi connectivity index (χ3v) is 3.03. The Morgan fingerprint density at radius 2 is 1.65 bits per heavy atom. The molecule has 94 valence electrons. The van der Waals surface area contributed by atoms with Crippen LogP contribution in [0.5, 0.6) is 0 Å². The Morgan fingerprint density at radius 3 is 2.00 bits per heavy atom. The molecular formula is C13H16F2O2. The van der Waals surface area contributed by atoms with Gasteiger partial charge in [-0.05, 0) is 23.6 Å². The van der Waals surface area contributed by atoms with Crippen molar-refractivity contribution in [3.05, 3.63) is 35.4 Å². The maximum Gasteiger partial charge on any atom is 0.311 e. The first-order chi connectivity index (χ1) is 7.99. The zero-order valence-electron chi connectivity index (χ0n) is 9.91. The number of carboxylic acid groups (broad SMARTS) is 1. The van der Waals surface area contributed by atoms with Gasteiger partial charge in [0, 0.05) is 6.07 Å². The van der Waals surface area contributed by atoms with Crippen LogP contribution in [0.25, 0.3) is 0 Å². The van der Waals surface area contributed by atoms with Crippen molar-refractivity contribution in [1.82, 2.24) is 0 Å². The van der Waals surface area contributed by atoms with Crippen molar-refractivity contribution in [2.24, 2.45) is 5.92 Å². The smallest absolute Gasteiger partial charge is 0.311 e. The van der Waals surface area contributed by atoms with Gasteiger partial charge in [0.05, 0.1) is 5.92 Å². The summed E-state index contributed by atoms with van der Waals surface area (Å²) in [5.41, 5.74) is 0.198. The molecule has 0 aromatic heterocycles. The summed E-state index contributed by atoms with van der Waals surface area (Å²) < 4.78 is 26.2. The molecule has 1 atom stereocenters. The van der Waals surface area contributed by atoms with Gasteiger partial charge < -0.3 is 5.11 Å². The van der Waals surface area contributed by atoms with E-state index in [0.29, 0.717) is 12.8 Å². The summed E-state index contributed by atoms with van der Waals surface area (Å²) in [6, 6.07) is 2.94. The lowest BCUT2D eigenvalue weighted by Crippen LogP contribution is -2.21. The second kappa shape index (κ2) is 5.75. The Hall–Kier alpha value is -1.45. The van der Waals surface area contributed by atoms with E-state index >= 15 is 0 Å². The maximum atomic E-state index is 13.1. The fourth-order valence-electron chi connectivity index (χ4n) is 2.13. The molecule has 17 heavy (non-hydrogen) atoms. The van der Waals surface area contributed by atoms with Crippen LogP contribution >= 0.6 is 0 Å². The van der Waals surface area contributed by atoms with E-state index in [1.807, 2.05) is 13.8 Å². The molecule has 1 N–H and O–H groups in total. The van der Waals surface area contributed by atoms with Crippen LogP contribution in [0.4, 0.5) is 8.78 Å². The van der Waals surface area contributed by atoms with Crippen molar-refractivity contribution in [3.63, 3.8) is 0 Å². The van der Waals surface area contributed by atoms with Crippen molar-refractivity contribution in [1.29, 1.82) is 0 Å². The molecule has 0 amide bonds. The van der Waals surface area contributed by atoms with E-state index in [1.165, 1.54) is 0 Å². The monoisotopic (exact) mass is 242 g/mol. The summed E-state index contributed by atoms with van der Waals surface area (Å²) in [7, 11) is 0. The summed E-state index contributed by atoms with van der Waals surface area (Å²) in [6.07, 6.45) is 1.32. The van der Waals surface area contributed by atoms with Gasteiger partial charge in [-0.3, -0.25) is 4.79 Å². The molecule has 1 unspecified atom stereocenters. The van der Waals surface area contributed by atoms with Gasteiger partial charge in [0.2, 0.25) is 0 Å². The number of carboxylic acids is 1. The standard InChI is InChI=1S/C13H16F2O2/c1-3-8(4-2)12(13(16)17)9-5-10(14)7-11(15)6-9/h5-8,12H,3-4H2,1-2H3,(H,16,17). The van der Waals surface area contributed by atoms with Crippen molar-refractivity contribution in [2.75, 3.05) is 0 Å². The molecule has 1 aromatic carbocycles. The molecule has 0 spiro atoms. The first-order valence-corrected chi connectivity index (χ1v) is 5.68. The molecule has 2 nitrogen and oxygen atoms in total. The second-order valence-corrected chi connectivity index (χ2v) is 4.10. The van der Waals surface area contributed by atoms with Gasteiger partial charge in [0.25, 0.3) is 0 Å². The molecule has 0 saturated carbocycles. The Bertz CT molecular complexity index is 380. The second-order valence-electron chi connectivity index (χ2n) is 4.10. The first-order valence-electron chi connectivity index (χ1n) is 5.68. The zero-order valence-corrected chi connectivity index (χ0v) is 9.91. The van der Waals surface area contributed by atoms with Crippen LogP contribution in [0.3, 0.4) is 0 Å². The molecule has 0 radical (unpaired) electrons. The molecule has 0 aliphatic heterocycles. The molecule has 1 aromatic rings. The SMILES string of the molecule is CCC(CC)C(C(=O)O)c1cc(F)cc(F)c1. The minimum absolute atomic E-state index is 0.117. The van der Waals surface area contributed by atoms with E-state index in [4.69, 9.17) is 0 Å². The highest BCUT2D eigenvalue weighted by Gasteiger charge is 2.28. The molecule has 0 saturated heterocycles. The van der Waals surface area contributed by atoms with Crippen LogP contribution in [0, 0.1) is 17.6 Å². The van der Waals surface area contributed by atoms with Crippen molar-refractivity contribution < 1.29 is 18.7 Å². The minimum atomic E-state index is -1.04. The highest BCUT2D eigenvalue weighted by atomic mass is 19.1. The molecule has 0 heterocycles. The highest BCUT2D eigenvalue weighted by molar-refractivity contribution is 5.76. The quantitative estimate of drug-likeness (QED) is 0.857. The van der Waals surface area contributed by atoms with Gasteiger partial charge >= 0.3 is 5.97 Å². The lowest BCUT2D eigenvalue weighted by atomic mass is 9.82. The number of benzene rings is 1.